The van der Waals surface area contributed by atoms with Crippen LogP contribution >= 0.6 is 0 Å². The summed E-state index contributed by atoms with van der Waals surface area (Å²) >= 11 is 0. The molecule has 152 valence electrons. The molecule has 2 heterocycles. The number of likely N-dealkylation sites (tertiary alicyclic amines) is 1. The number of fused-ring (bicyclic) bond motifs is 1. The first-order chi connectivity index (χ1) is 13.4. The quantitative estimate of drug-likeness (QED) is 0.542. The number of hydrogen-bond donors (Lipinski definition) is 1. The van der Waals surface area contributed by atoms with E-state index in [1.165, 1.54) is 6.07 Å². The SMILES string of the molecule is CCCCCNC(=O)COC(=O)[C@@H]1CCCN1C1=NS(=O)(=O)c2ccccc21. The van der Waals surface area contributed by atoms with E-state index in [9.17, 15) is 18.0 Å². The molecule has 2 aliphatic heterocycles. The molecule has 0 saturated carbocycles. The molecule has 2 aliphatic rings. The predicted molar refractivity (Wildman–Crippen MR) is 103 cm³/mol. The van der Waals surface area contributed by atoms with Crippen LogP contribution in [0.25, 0.3) is 0 Å². The molecule has 1 N–H and O–H groups in total. The van der Waals surface area contributed by atoms with Crippen LogP contribution in [0.1, 0.15) is 44.6 Å². The van der Waals surface area contributed by atoms with Crippen LogP contribution in [-0.4, -0.2) is 56.8 Å². The van der Waals surface area contributed by atoms with Crippen molar-refractivity contribution in [3.05, 3.63) is 29.8 Å². The van der Waals surface area contributed by atoms with Gasteiger partial charge in [-0.1, -0.05) is 31.9 Å². The minimum atomic E-state index is -3.75. The molecule has 1 atom stereocenters. The van der Waals surface area contributed by atoms with Gasteiger partial charge in [-0.3, -0.25) is 4.79 Å². The Balaban J connectivity index is 1.62. The highest BCUT2D eigenvalue weighted by Crippen LogP contribution is 2.31. The minimum Gasteiger partial charge on any atom is -0.454 e. The summed E-state index contributed by atoms with van der Waals surface area (Å²) in [5, 5.41) is 2.72. The standard InChI is InChI=1S/C19H25N3O5S/c1-2-3-6-11-20-17(23)13-27-19(24)15-9-7-12-22(15)18-14-8-4-5-10-16(14)28(25,26)21-18/h4-5,8,10,15H,2-3,6-7,9,11-13H2,1H3,(H,20,23)/t15-/m0/s1. The second-order valence-electron chi connectivity index (χ2n) is 6.90. The number of sulfonamides is 1. The average molecular weight is 407 g/mol. The Morgan fingerprint density at radius 3 is 2.86 bits per heavy atom. The number of nitrogens with one attached hydrogen (secondary N) is 1. The monoisotopic (exact) mass is 407 g/mol. The first kappa shape index (κ1) is 20.3. The molecule has 1 amide bonds. The molecule has 9 heteroatoms. The number of unbranched alkanes of at least 4 members (excludes halogenated alkanes) is 2. The highest BCUT2D eigenvalue weighted by Gasteiger charge is 2.40. The van der Waals surface area contributed by atoms with Crippen LogP contribution in [0.4, 0.5) is 0 Å². The van der Waals surface area contributed by atoms with Crippen molar-refractivity contribution in [2.45, 2.75) is 50.0 Å². The van der Waals surface area contributed by atoms with Crippen molar-refractivity contribution in [1.29, 1.82) is 0 Å². The highest BCUT2D eigenvalue weighted by atomic mass is 32.2. The summed E-state index contributed by atoms with van der Waals surface area (Å²) in [6.07, 6.45) is 4.22. The maximum absolute atomic E-state index is 12.5. The Bertz CT molecular complexity index is 881. The number of nitrogens with zero attached hydrogens (tertiary/aromatic N) is 2. The lowest BCUT2D eigenvalue weighted by Gasteiger charge is -2.24. The summed E-state index contributed by atoms with van der Waals surface area (Å²) in [5.41, 5.74) is 0.496. The summed E-state index contributed by atoms with van der Waals surface area (Å²) < 4.78 is 33.6. The van der Waals surface area contributed by atoms with Crippen molar-refractivity contribution >= 4 is 27.7 Å². The first-order valence-electron chi connectivity index (χ1n) is 9.58. The second kappa shape index (κ2) is 8.72. The van der Waals surface area contributed by atoms with E-state index in [4.69, 9.17) is 4.74 Å². The number of benzene rings is 1. The van der Waals surface area contributed by atoms with Gasteiger partial charge in [0.2, 0.25) is 0 Å². The summed E-state index contributed by atoms with van der Waals surface area (Å²) in [5.74, 6) is -0.593. The number of hydrogen-bond acceptors (Lipinski definition) is 6. The zero-order chi connectivity index (χ0) is 20.1. The average Bonchev–Trinajstić information content (AvgIpc) is 3.26. The van der Waals surface area contributed by atoms with Crippen LogP contribution < -0.4 is 5.32 Å². The van der Waals surface area contributed by atoms with Gasteiger partial charge in [-0.2, -0.15) is 8.42 Å². The maximum Gasteiger partial charge on any atom is 0.329 e. The van der Waals surface area contributed by atoms with Crippen molar-refractivity contribution < 1.29 is 22.7 Å². The molecule has 0 aliphatic carbocycles. The Morgan fingerprint density at radius 2 is 2.07 bits per heavy atom. The third-order valence-electron chi connectivity index (χ3n) is 4.86. The number of ether oxygens (including phenoxy) is 1. The molecule has 0 spiro atoms. The summed E-state index contributed by atoms with van der Waals surface area (Å²) in [6.45, 7) is 2.81. The van der Waals surface area contributed by atoms with Gasteiger partial charge in [0.15, 0.2) is 12.4 Å². The van der Waals surface area contributed by atoms with Crippen molar-refractivity contribution in [2.75, 3.05) is 19.7 Å². The summed E-state index contributed by atoms with van der Waals surface area (Å²) in [6, 6.07) is 5.93. The topological polar surface area (TPSA) is 105 Å². The minimum absolute atomic E-state index is 0.149. The number of amidine groups is 1. The number of rotatable bonds is 7. The predicted octanol–water partition coefficient (Wildman–Crippen LogP) is 1.45. The smallest absolute Gasteiger partial charge is 0.329 e. The maximum atomic E-state index is 12.5. The van der Waals surface area contributed by atoms with Crippen molar-refractivity contribution in [1.82, 2.24) is 10.2 Å². The molecule has 1 fully saturated rings. The molecule has 0 unspecified atom stereocenters. The van der Waals surface area contributed by atoms with Crippen LogP contribution in [0, 0.1) is 0 Å². The lowest BCUT2D eigenvalue weighted by Crippen LogP contribution is -2.42. The van der Waals surface area contributed by atoms with Crippen molar-refractivity contribution in [3.63, 3.8) is 0 Å². The van der Waals surface area contributed by atoms with Crippen LogP contribution in [0.5, 0.6) is 0 Å². The van der Waals surface area contributed by atoms with E-state index in [2.05, 4.69) is 16.6 Å². The molecule has 0 radical (unpaired) electrons. The van der Waals surface area contributed by atoms with Crippen LogP contribution in [0.2, 0.25) is 0 Å². The highest BCUT2D eigenvalue weighted by molar-refractivity contribution is 7.90. The van der Waals surface area contributed by atoms with Gasteiger partial charge in [0.25, 0.3) is 15.9 Å². The molecular formula is C19H25N3O5S. The van der Waals surface area contributed by atoms with Gasteiger partial charge in [0, 0.05) is 18.7 Å². The van der Waals surface area contributed by atoms with E-state index in [0.717, 1.165) is 19.3 Å². The fourth-order valence-electron chi connectivity index (χ4n) is 3.45. The largest absolute Gasteiger partial charge is 0.454 e. The van der Waals surface area contributed by atoms with E-state index >= 15 is 0 Å². The van der Waals surface area contributed by atoms with Crippen LogP contribution in [-0.2, 0) is 24.3 Å². The van der Waals surface area contributed by atoms with E-state index in [0.29, 0.717) is 31.5 Å². The van der Waals surface area contributed by atoms with E-state index in [1.54, 1.807) is 23.1 Å². The van der Waals surface area contributed by atoms with Gasteiger partial charge in [-0.15, -0.1) is 4.40 Å². The molecule has 0 bridgehead atoms. The molecule has 1 aromatic rings. The van der Waals surface area contributed by atoms with E-state index in [-0.39, 0.29) is 23.2 Å². The molecule has 3 rings (SSSR count). The van der Waals surface area contributed by atoms with Gasteiger partial charge >= 0.3 is 5.97 Å². The Morgan fingerprint density at radius 1 is 1.29 bits per heavy atom. The second-order valence-corrected chi connectivity index (χ2v) is 8.47. The number of carbonyl (C=O) groups excluding carboxylic acids is 2. The molecule has 1 aromatic carbocycles. The van der Waals surface area contributed by atoms with Crippen LogP contribution in [0.15, 0.2) is 33.6 Å². The molecular weight excluding hydrogens is 382 g/mol. The zero-order valence-electron chi connectivity index (χ0n) is 15.9. The summed E-state index contributed by atoms with van der Waals surface area (Å²) in [7, 11) is -3.75. The van der Waals surface area contributed by atoms with Gasteiger partial charge in [0.1, 0.15) is 10.9 Å². The Labute approximate surface area is 165 Å². The molecule has 1 saturated heterocycles. The molecule has 0 aromatic heterocycles. The normalized spacial score (nSPS) is 19.8. The number of esters is 1. The van der Waals surface area contributed by atoms with E-state index < -0.39 is 22.0 Å². The third-order valence-corrected chi connectivity index (χ3v) is 6.18. The van der Waals surface area contributed by atoms with Crippen molar-refractivity contribution in [2.24, 2.45) is 4.40 Å². The number of carbonyl (C=O) groups is 2. The number of amides is 1. The zero-order valence-corrected chi connectivity index (χ0v) is 16.7. The fourth-order valence-corrected chi connectivity index (χ4v) is 4.66. The molecule has 8 nitrogen and oxygen atoms in total. The van der Waals surface area contributed by atoms with Gasteiger partial charge in [-0.25, -0.2) is 4.79 Å². The van der Waals surface area contributed by atoms with Crippen molar-refractivity contribution in [3.8, 4) is 0 Å². The fraction of sp³-hybridized carbons (Fsp3) is 0.526. The van der Waals surface area contributed by atoms with Gasteiger partial charge < -0.3 is 15.0 Å². The first-order valence-corrected chi connectivity index (χ1v) is 11.0. The van der Waals surface area contributed by atoms with E-state index in [1.807, 2.05) is 0 Å². The third kappa shape index (κ3) is 4.35. The Kier molecular flexibility index (Phi) is 6.33. The lowest BCUT2D eigenvalue weighted by molar-refractivity contribution is -0.151. The van der Waals surface area contributed by atoms with Gasteiger partial charge in [0.05, 0.1) is 0 Å². The summed E-state index contributed by atoms with van der Waals surface area (Å²) in [4.78, 5) is 26.1. The van der Waals surface area contributed by atoms with Crippen LogP contribution in [0.3, 0.4) is 0 Å². The Hall–Kier alpha value is -2.42. The lowest BCUT2D eigenvalue weighted by atomic mass is 10.1. The van der Waals surface area contributed by atoms with Gasteiger partial charge in [-0.05, 0) is 31.4 Å². The molecule has 28 heavy (non-hydrogen) atoms.